The maximum absolute atomic E-state index is 12.5. The minimum absolute atomic E-state index is 0.0787. The summed E-state index contributed by atoms with van der Waals surface area (Å²) in [6, 6.07) is 14.4. The van der Waals surface area contributed by atoms with E-state index in [1.807, 2.05) is 30.3 Å². The van der Waals surface area contributed by atoms with Crippen molar-refractivity contribution < 1.29 is 13.6 Å². The van der Waals surface area contributed by atoms with E-state index in [0.717, 1.165) is 5.56 Å². The van der Waals surface area contributed by atoms with Gasteiger partial charge in [0.25, 0.3) is 6.43 Å². The molecule has 2 aromatic rings. The van der Waals surface area contributed by atoms with E-state index in [9.17, 15) is 13.6 Å². The van der Waals surface area contributed by atoms with Crippen LogP contribution < -0.4 is 11.1 Å². The molecular formula is C16H16F2N2O. The van der Waals surface area contributed by atoms with Crippen LogP contribution in [0.25, 0.3) is 0 Å². The topological polar surface area (TPSA) is 55.1 Å². The molecule has 0 aliphatic rings. The number of benzene rings is 2. The quantitative estimate of drug-likeness (QED) is 0.859. The van der Waals surface area contributed by atoms with Crippen molar-refractivity contribution in [2.75, 3.05) is 0 Å². The Kier molecular flexibility index (Phi) is 5.00. The molecule has 0 saturated heterocycles. The van der Waals surface area contributed by atoms with E-state index in [0.29, 0.717) is 12.1 Å². The summed E-state index contributed by atoms with van der Waals surface area (Å²) in [6.45, 7) is 0.463. The zero-order chi connectivity index (χ0) is 15.2. The van der Waals surface area contributed by atoms with Crippen LogP contribution in [0.5, 0.6) is 0 Å². The second-order valence-corrected chi connectivity index (χ2v) is 4.67. The smallest absolute Gasteiger partial charge is 0.263 e. The predicted molar refractivity (Wildman–Crippen MR) is 76.6 cm³/mol. The lowest BCUT2D eigenvalue weighted by Gasteiger charge is -2.16. The van der Waals surface area contributed by atoms with Crippen LogP contribution in [0.3, 0.4) is 0 Å². The van der Waals surface area contributed by atoms with Crippen LogP contribution in [0, 0.1) is 0 Å². The highest BCUT2D eigenvalue weighted by atomic mass is 19.3. The third-order valence-corrected chi connectivity index (χ3v) is 3.16. The van der Waals surface area contributed by atoms with Crippen LogP contribution in [-0.4, -0.2) is 5.91 Å². The van der Waals surface area contributed by atoms with Gasteiger partial charge >= 0.3 is 0 Å². The van der Waals surface area contributed by atoms with Gasteiger partial charge in [0.05, 0.1) is 0 Å². The molecule has 1 atom stereocenters. The lowest BCUT2D eigenvalue weighted by Crippen LogP contribution is -2.33. The number of alkyl halides is 2. The van der Waals surface area contributed by atoms with Crippen molar-refractivity contribution in [3.8, 4) is 0 Å². The summed E-state index contributed by atoms with van der Waals surface area (Å²) in [7, 11) is 0. The Balaban J connectivity index is 2.10. The minimum atomic E-state index is -2.52. The summed E-state index contributed by atoms with van der Waals surface area (Å²) in [5.74, 6) is -0.546. The van der Waals surface area contributed by atoms with Gasteiger partial charge in [-0.25, -0.2) is 8.78 Å². The highest BCUT2D eigenvalue weighted by molar-refractivity contribution is 5.81. The normalized spacial score (nSPS) is 12.3. The van der Waals surface area contributed by atoms with Crippen LogP contribution in [0.15, 0.2) is 54.6 Å². The van der Waals surface area contributed by atoms with Crippen molar-refractivity contribution in [1.29, 1.82) is 0 Å². The second-order valence-electron chi connectivity index (χ2n) is 4.67. The van der Waals surface area contributed by atoms with Crippen LogP contribution in [0.2, 0.25) is 0 Å². The molecule has 5 heteroatoms. The number of nitrogens with two attached hydrogens (primary N) is 1. The van der Waals surface area contributed by atoms with E-state index in [2.05, 4.69) is 5.32 Å². The standard InChI is InChI=1S/C16H16F2N2O/c17-15(18)13-8-6-12(7-9-13)14(16(19)21)20-10-11-4-2-1-3-5-11/h1-9,14-15,20H,10H2,(H2,19,21). The van der Waals surface area contributed by atoms with Crippen LogP contribution in [0.4, 0.5) is 8.78 Å². The maximum atomic E-state index is 12.5. The summed E-state index contributed by atoms with van der Waals surface area (Å²) in [5.41, 5.74) is 6.88. The highest BCUT2D eigenvalue weighted by Gasteiger charge is 2.17. The fourth-order valence-electron chi connectivity index (χ4n) is 2.03. The monoisotopic (exact) mass is 290 g/mol. The average molecular weight is 290 g/mol. The molecule has 2 rings (SSSR count). The van der Waals surface area contributed by atoms with E-state index >= 15 is 0 Å². The van der Waals surface area contributed by atoms with Gasteiger partial charge < -0.3 is 5.73 Å². The van der Waals surface area contributed by atoms with Crippen LogP contribution in [-0.2, 0) is 11.3 Å². The number of carbonyl (C=O) groups is 1. The lowest BCUT2D eigenvalue weighted by atomic mass is 10.0. The molecule has 0 heterocycles. The van der Waals surface area contributed by atoms with Crippen LogP contribution in [0.1, 0.15) is 29.2 Å². The summed E-state index contributed by atoms with van der Waals surface area (Å²) >= 11 is 0. The molecule has 0 aromatic heterocycles. The van der Waals surface area contributed by atoms with E-state index in [1.165, 1.54) is 24.3 Å². The Labute approximate surface area is 121 Å². The molecule has 0 aliphatic heterocycles. The van der Waals surface area contributed by atoms with Gasteiger partial charge in [0.15, 0.2) is 0 Å². The Morgan fingerprint density at radius 3 is 2.10 bits per heavy atom. The molecule has 1 unspecified atom stereocenters. The number of nitrogens with one attached hydrogen (secondary N) is 1. The average Bonchev–Trinajstić information content (AvgIpc) is 2.48. The van der Waals surface area contributed by atoms with Crippen molar-refractivity contribution in [3.05, 3.63) is 71.3 Å². The number of halogens is 2. The van der Waals surface area contributed by atoms with Gasteiger partial charge in [-0.05, 0) is 11.1 Å². The highest BCUT2D eigenvalue weighted by Crippen LogP contribution is 2.21. The third kappa shape index (κ3) is 4.10. The molecule has 0 spiro atoms. The first-order chi connectivity index (χ1) is 10.1. The van der Waals surface area contributed by atoms with Crippen LogP contribution >= 0.6 is 0 Å². The fourth-order valence-corrected chi connectivity index (χ4v) is 2.03. The van der Waals surface area contributed by atoms with Crippen molar-refractivity contribution in [2.45, 2.75) is 19.0 Å². The molecule has 2 aromatic carbocycles. The van der Waals surface area contributed by atoms with Gasteiger partial charge in [-0.1, -0.05) is 54.6 Å². The number of amides is 1. The van der Waals surface area contributed by atoms with Gasteiger partial charge in [0.2, 0.25) is 5.91 Å². The number of hydrogen-bond donors (Lipinski definition) is 2. The number of hydrogen-bond acceptors (Lipinski definition) is 2. The van der Waals surface area contributed by atoms with E-state index in [1.54, 1.807) is 0 Å². The van der Waals surface area contributed by atoms with Crippen molar-refractivity contribution >= 4 is 5.91 Å². The Morgan fingerprint density at radius 2 is 1.57 bits per heavy atom. The summed E-state index contributed by atoms with van der Waals surface area (Å²) in [5, 5.41) is 3.04. The first-order valence-electron chi connectivity index (χ1n) is 6.52. The summed E-state index contributed by atoms with van der Waals surface area (Å²) < 4.78 is 25.0. The molecule has 0 radical (unpaired) electrons. The maximum Gasteiger partial charge on any atom is 0.263 e. The zero-order valence-electron chi connectivity index (χ0n) is 11.3. The van der Waals surface area contributed by atoms with Gasteiger partial charge in [-0.3, -0.25) is 10.1 Å². The minimum Gasteiger partial charge on any atom is -0.368 e. The second kappa shape index (κ2) is 6.95. The molecule has 0 saturated carbocycles. The van der Waals surface area contributed by atoms with Crippen molar-refractivity contribution in [2.24, 2.45) is 5.73 Å². The molecule has 1 amide bonds. The van der Waals surface area contributed by atoms with Crippen molar-refractivity contribution in [1.82, 2.24) is 5.32 Å². The lowest BCUT2D eigenvalue weighted by molar-refractivity contribution is -0.120. The van der Waals surface area contributed by atoms with Gasteiger partial charge in [0.1, 0.15) is 6.04 Å². The zero-order valence-corrected chi connectivity index (χ0v) is 11.3. The molecule has 0 fully saturated rings. The molecule has 3 nitrogen and oxygen atoms in total. The molecule has 3 N–H and O–H groups in total. The van der Waals surface area contributed by atoms with Crippen molar-refractivity contribution in [3.63, 3.8) is 0 Å². The summed E-state index contributed by atoms with van der Waals surface area (Å²) in [6.07, 6.45) is -2.52. The predicted octanol–water partition coefficient (Wildman–Crippen LogP) is 2.94. The molecule has 21 heavy (non-hydrogen) atoms. The largest absolute Gasteiger partial charge is 0.368 e. The number of primary amides is 1. The first-order valence-corrected chi connectivity index (χ1v) is 6.52. The molecule has 0 aliphatic carbocycles. The number of rotatable bonds is 6. The number of carbonyl (C=O) groups excluding carboxylic acids is 1. The summed E-state index contributed by atoms with van der Waals surface area (Å²) in [4.78, 5) is 11.6. The van der Waals surface area contributed by atoms with Gasteiger partial charge in [-0.2, -0.15) is 0 Å². The fraction of sp³-hybridized carbons (Fsp3) is 0.188. The van der Waals surface area contributed by atoms with E-state index in [-0.39, 0.29) is 5.56 Å². The molecular weight excluding hydrogens is 274 g/mol. The first kappa shape index (κ1) is 15.1. The Morgan fingerprint density at radius 1 is 1.00 bits per heavy atom. The van der Waals surface area contributed by atoms with E-state index < -0.39 is 18.4 Å². The Bertz CT molecular complexity index is 585. The molecule has 0 bridgehead atoms. The van der Waals surface area contributed by atoms with Gasteiger partial charge in [0, 0.05) is 12.1 Å². The SMILES string of the molecule is NC(=O)C(NCc1ccccc1)c1ccc(C(F)F)cc1. The molecule has 110 valence electrons. The Hall–Kier alpha value is -2.27. The van der Waals surface area contributed by atoms with E-state index in [4.69, 9.17) is 5.73 Å². The third-order valence-electron chi connectivity index (χ3n) is 3.16. The van der Waals surface area contributed by atoms with Gasteiger partial charge in [-0.15, -0.1) is 0 Å².